The summed E-state index contributed by atoms with van der Waals surface area (Å²) in [5.74, 6) is -3.57. The number of aromatic hydroxyl groups is 2. The monoisotopic (exact) mass is 322 g/mol. The maximum absolute atomic E-state index is 12.1. The predicted molar refractivity (Wildman–Crippen MR) is 78.0 cm³/mol. The van der Waals surface area contributed by atoms with E-state index in [4.69, 9.17) is 5.26 Å². The second-order valence-corrected chi connectivity index (χ2v) is 4.63. The first-order valence-corrected chi connectivity index (χ1v) is 6.11. The number of aliphatic hydroxyl groups is 1. The van der Waals surface area contributed by atoms with Crippen molar-refractivity contribution >= 4 is 17.4 Å². The Bertz CT molecular complexity index is 735. The molecule has 0 radical (unpaired) electrons. The molecule has 0 atom stereocenters. The van der Waals surface area contributed by atoms with Gasteiger partial charge < -0.3 is 15.3 Å². The van der Waals surface area contributed by atoms with Crippen LogP contribution in [0.5, 0.6) is 11.5 Å². The zero-order valence-corrected chi connectivity index (χ0v) is 12.5. The summed E-state index contributed by atoms with van der Waals surface area (Å²) in [5.41, 5.74) is -1.91. The Morgan fingerprint density at radius 1 is 1.30 bits per heavy atom. The third kappa shape index (κ3) is 3.47. The SMILES string of the molecule is CN(C)N(C)C(=O)/C(C#N)=C(\O)c1cc(O)c(O)c([N+](=O)[O-])c1. The zero-order chi connectivity index (χ0) is 17.9. The Hall–Kier alpha value is -3.32. The lowest BCUT2D eigenvalue weighted by Crippen LogP contribution is -2.39. The summed E-state index contributed by atoms with van der Waals surface area (Å²) in [5, 5.41) is 51.3. The molecule has 0 fully saturated rings. The van der Waals surface area contributed by atoms with Crippen molar-refractivity contribution in [2.24, 2.45) is 0 Å². The van der Waals surface area contributed by atoms with Crippen LogP contribution in [0.3, 0.4) is 0 Å². The molecule has 0 saturated heterocycles. The molecule has 0 aliphatic carbocycles. The summed E-state index contributed by atoms with van der Waals surface area (Å²) >= 11 is 0. The molecule has 1 aromatic rings. The molecule has 1 rings (SSSR count). The summed E-state index contributed by atoms with van der Waals surface area (Å²) in [6, 6.07) is 3.06. The molecule has 1 amide bonds. The highest BCUT2D eigenvalue weighted by Crippen LogP contribution is 2.38. The number of nitro benzene ring substituents is 1. The summed E-state index contributed by atoms with van der Waals surface area (Å²) in [6.07, 6.45) is 0. The molecule has 0 aliphatic heterocycles. The number of phenolic OH excluding ortho intramolecular Hbond substituents is 2. The molecule has 0 aromatic heterocycles. The molecule has 0 heterocycles. The van der Waals surface area contributed by atoms with E-state index in [2.05, 4.69) is 0 Å². The Morgan fingerprint density at radius 3 is 2.30 bits per heavy atom. The van der Waals surface area contributed by atoms with Gasteiger partial charge >= 0.3 is 5.69 Å². The van der Waals surface area contributed by atoms with Gasteiger partial charge in [-0.3, -0.25) is 19.9 Å². The number of hydrazine groups is 1. The van der Waals surface area contributed by atoms with Crippen LogP contribution in [0, 0.1) is 21.4 Å². The Kier molecular flexibility index (Phi) is 5.11. The molecule has 23 heavy (non-hydrogen) atoms. The minimum absolute atomic E-state index is 0.357. The van der Waals surface area contributed by atoms with Gasteiger partial charge in [-0.15, -0.1) is 0 Å². The van der Waals surface area contributed by atoms with Crippen molar-refractivity contribution in [3.8, 4) is 17.6 Å². The molecule has 0 aliphatic rings. The molecule has 1 aromatic carbocycles. The van der Waals surface area contributed by atoms with Gasteiger partial charge in [-0.05, 0) is 6.07 Å². The fourth-order valence-electron chi connectivity index (χ4n) is 1.57. The van der Waals surface area contributed by atoms with Crippen molar-refractivity contribution in [2.45, 2.75) is 0 Å². The van der Waals surface area contributed by atoms with Crippen LogP contribution in [0.4, 0.5) is 5.69 Å². The van der Waals surface area contributed by atoms with Crippen LogP contribution in [0.1, 0.15) is 5.56 Å². The molecule has 3 N–H and O–H groups in total. The number of hydrogen-bond acceptors (Lipinski definition) is 8. The average Bonchev–Trinajstić information content (AvgIpc) is 2.48. The van der Waals surface area contributed by atoms with Crippen molar-refractivity contribution in [3.63, 3.8) is 0 Å². The van der Waals surface area contributed by atoms with E-state index in [1.54, 1.807) is 0 Å². The number of nitriles is 1. The van der Waals surface area contributed by atoms with E-state index < -0.39 is 39.3 Å². The maximum atomic E-state index is 12.1. The molecule has 0 bridgehead atoms. The van der Waals surface area contributed by atoms with E-state index in [0.29, 0.717) is 0 Å². The quantitative estimate of drug-likeness (QED) is 0.183. The minimum atomic E-state index is -0.984. The van der Waals surface area contributed by atoms with Crippen LogP contribution in [-0.4, -0.2) is 57.3 Å². The van der Waals surface area contributed by atoms with Crippen LogP contribution in [-0.2, 0) is 4.79 Å². The van der Waals surface area contributed by atoms with Gasteiger partial charge in [-0.2, -0.15) is 5.26 Å². The van der Waals surface area contributed by atoms with Crippen LogP contribution in [0.15, 0.2) is 17.7 Å². The number of carbonyl (C=O) groups excluding carboxylic acids is 1. The zero-order valence-electron chi connectivity index (χ0n) is 12.5. The highest BCUT2D eigenvalue weighted by molar-refractivity contribution is 6.03. The number of amides is 1. The van der Waals surface area contributed by atoms with Gasteiger partial charge in [-0.1, -0.05) is 0 Å². The van der Waals surface area contributed by atoms with E-state index in [-0.39, 0.29) is 5.56 Å². The predicted octanol–water partition coefficient (Wildman–Crippen LogP) is 0.734. The van der Waals surface area contributed by atoms with Crippen LogP contribution >= 0.6 is 0 Å². The number of nitro groups is 1. The number of benzene rings is 1. The summed E-state index contributed by atoms with van der Waals surface area (Å²) in [7, 11) is 4.41. The third-order valence-electron chi connectivity index (χ3n) is 3.00. The molecule has 122 valence electrons. The van der Waals surface area contributed by atoms with Gasteiger partial charge in [-0.25, -0.2) is 5.01 Å². The molecule has 0 spiro atoms. The van der Waals surface area contributed by atoms with Gasteiger partial charge in [0.1, 0.15) is 11.8 Å². The molecule has 0 unspecified atom stereocenters. The fraction of sp³-hybridized carbons (Fsp3) is 0.231. The Balaban J connectivity index is 3.52. The Morgan fingerprint density at radius 2 is 1.87 bits per heavy atom. The lowest BCUT2D eigenvalue weighted by Gasteiger charge is -2.24. The fourth-order valence-corrected chi connectivity index (χ4v) is 1.57. The maximum Gasteiger partial charge on any atom is 0.315 e. The van der Waals surface area contributed by atoms with Gasteiger partial charge in [0.25, 0.3) is 5.91 Å². The number of likely N-dealkylation sites (N-methyl/N-ethyl adjacent to an activating group) is 1. The van der Waals surface area contributed by atoms with Gasteiger partial charge in [0.15, 0.2) is 11.3 Å². The van der Waals surface area contributed by atoms with E-state index in [9.17, 15) is 30.2 Å². The summed E-state index contributed by atoms with van der Waals surface area (Å²) in [6.45, 7) is 0. The van der Waals surface area contributed by atoms with E-state index in [1.807, 2.05) is 0 Å². The Labute approximate surface area is 130 Å². The number of hydrogen-bond donors (Lipinski definition) is 3. The molecule has 10 nitrogen and oxygen atoms in total. The molecule has 0 saturated carbocycles. The lowest BCUT2D eigenvalue weighted by atomic mass is 10.1. The third-order valence-corrected chi connectivity index (χ3v) is 3.00. The topological polar surface area (TPSA) is 151 Å². The van der Waals surface area contributed by atoms with Crippen molar-refractivity contribution in [2.75, 3.05) is 21.1 Å². The lowest BCUT2D eigenvalue weighted by molar-refractivity contribution is -0.386. The average molecular weight is 322 g/mol. The molecular formula is C13H14N4O6. The number of nitrogens with zero attached hydrogens (tertiary/aromatic N) is 4. The van der Waals surface area contributed by atoms with Crippen molar-refractivity contribution in [3.05, 3.63) is 33.4 Å². The molecular weight excluding hydrogens is 308 g/mol. The standard InChI is InChI=1S/C13H14N4O6/c1-15(2)16(3)13(21)8(6-14)11(19)7-4-9(17(22)23)12(20)10(18)5-7/h4-5,18-20H,1-3H3/b11-8-. The van der Waals surface area contributed by atoms with Gasteiger partial charge in [0, 0.05) is 32.8 Å². The second kappa shape index (κ2) is 6.63. The smallest absolute Gasteiger partial charge is 0.315 e. The number of carbonyl (C=O) groups is 1. The number of phenols is 2. The van der Waals surface area contributed by atoms with E-state index >= 15 is 0 Å². The first-order chi connectivity index (χ1) is 10.6. The van der Waals surface area contributed by atoms with Crippen LogP contribution < -0.4 is 0 Å². The van der Waals surface area contributed by atoms with Crippen LogP contribution in [0.2, 0.25) is 0 Å². The highest BCUT2D eigenvalue weighted by atomic mass is 16.6. The molecule has 10 heteroatoms. The van der Waals surface area contributed by atoms with Crippen molar-refractivity contribution < 1.29 is 25.0 Å². The van der Waals surface area contributed by atoms with Gasteiger partial charge in [0.05, 0.1) is 4.92 Å². The first-order valence-electron chi connectivity index (χ1n) is 6.11. The second-order valence-electron chi connectivity index (χ2n) is 4.63. The van der Waals surface area contributed by atoms with Crippen LogP contribution in [0.25, 0.3) is 5.76 Å². The number of aliphatic hydroxyl groups excluding tert-OH is 1. The normalized spacial score (nSPS) is 11.6. The van der Waals surface area contributed by atoms with E-state index in [0.717, 1.165) is 17.1 Å². The largest absolute Gasteiger partial charge is 0.506 e. The van der Waals surface area contributed by atoms with Crippen molar-refractivity contribution in [1.29, 1.82) is 5.26 Å². The minimum Gasteiger partial charge on any atom is -0.506 e. The van der Waals surface area contributed by atoms with Gasteiger partial charge in [0.2, 0.25) is 5.75 Å². The summed E-state index contributed by atoms with van der Waals surface area (Å²) in [4.78, 5) is 21.9. The van der Waals surface area contributed by atoms with Crippen molar-refractivity contribution in [1.82, 2.24) is 10.0 Å². The van der Waals surface area contributed by atoms with E-state index in [1.165, 1.54) is 32.2 Å². The number of rotatable bonds is 4. The summed E-state index contributed by atoms with van der Waals surface area (Å²) < 4.78 is 0. The first kappa shape index (κ1) is 17.7. The highest BCUT2D eigenvalue weighted by Gasteiger charge is 2.25.